The fraction of sp³-hybridized carbons (Fsp3) is 0.462. The summed E-state index contributed by atoms with van der Waals surface area (Å²) in [7, 11) is 3.17. The first-order valence-corrected chi connectivity index (χ1v) is 5.91. The monoisotopic (exact) mass is 268 g/mol. The summed E-state index contributed by atoms with van der Waals surface area (Å²) >= 11 is 0. The number of methoxy groups -OCH3 is 2. The van der Waals surface area contributed by atoms with E-state index in [1.165, 1.54) is 0 Å². The van der Waals surface area contributed by atoms with E-state index in [1.807, 2.05) is 19.1 Å². The lowest BCUT2D eigenvalue weighted by atomic mass is 10.1. The van der Waals surface area contributed by atoms with Gasteiger partial charge in [-0.2, -0.15) is 0 Å². The van der Waals surface area contributed by atoms with Gasteiger partial charge in [-0.05, 0) is 18.6 Å². The Morgan fingerprint density at radius 2 is 2.00 bits per heavy atom. The van der Waals surface area contributed by atoms with E-state index in [-0.39, 0.29) is 6.42 Å². The van der Waals surface area contributed by atoms with Crippen LogP contribution in [0.2, 0.25) is 0 Å². The molecule has 19 heavy (non-hydrogen) atoms. The molecule has 6 heteroatoms. The quantitative estimate of drug-likeness (QED) is 0.688. The summed E-state index contributed by atoms with van der Waals surface area (Å²) in [5.41, 5.74) is 7.38. The van der Waals surface area contributed by atoms with Crippen molar-refractivity contribution in [2.45, 2.75) is 19.4 Å². The molecule has 0 saturated carbocycles. The van der Waals surface area contributed by atoms with Gasteiger partial charge in [-0.3, -0.25) is 4.79 Å². The number of ether oxygens (including phenoxy) is 2. The first-order valence-electron chi connectivity index (χ1n) is 5.91. The standard InChI is InChI=1S/C13H20N2O4/c1-8-4-12(19-3)10(6-11(8)18-2)15-7-9(14)5-13(16)17/h4,6,9,15H,5,7,14H2,1-3H3,(H,16,17). The van der Waals surface area contributed by atoms with Crippen molar-refractivity contribution in [2.75, 3.05) is 26.1 Å². The molecular weight excluding hydrogens is 248 g/mol. The number of aryl methyl sites for hydroxylation is 1. The summed E-state index contributed by atoms with van der Waals surface area (Å²) in [5.74, 6) is 0.485. The third-order valence-corrected chi connectivity index (χ3v) is 2.71. The molecular formula is C13H20N2O4. The Bertz CT molecular complexity index is 449. The van der Waals surface area contributed by atoms with Crippen molar-refractivity contribution in [3.63, 3.8) is 0 Å². The van der Waals surface area contributed by atoms with E-state index >= 15 is 0 Å². The molecule has 6 nitrogen and oxygen atoms in total. The van der Waals surface area contributed by atoms with Gasteiger partial charge in [0.1, 0.15) is 11.5 Å². The smallest absolute Gasteiger partial charge is 0.304 e. The zero-order valence-electron chi connectivity index (χ0n) is 11.4. The van der Waals surface area contributed by atoms with Crippen LogP contribution in [-0.2, 0) is 4.79 Å². The van der Waals surface area contributed by atoms with Crippen molar-refractivity contribution in [2.24, 2.45) is 5.73 Å². The van der Waals surface area contributed by atoms with Crippen LogP contribution in [0.1, 0.15) is 12.0 Å². The van der Waals surface area contributed by atoms with Crippen molar-refractivity contribution < 1.29 is 19.4 Å². The van der Waals surface area contributed by atoms with Crippen LogP contribution in [0.4, 0.5) is 5.69 Å². The van der Waals surface area contributed by atoms with Crippen LogP contribution in [-0.4, -0.2) is 37.9 Å². The second-order valence-corrected chi connectivity index (χ2v) is 4.26. The summed E-state index contributed by atoms with van der Waals surface area (Å²) in [6, 6.07) is 3.19. The van der Waals surface area contributed by atoms with Crippen LogP contribution in [0.5, 0.6) is 11.5 Å². The fourth-order valence-electron chi connectivity index (χ4n) is 1.73. The number of aliphatic carboxylic acids is 1. The first-order chi connectivity index (χ1) is 8.97. The molecule has 1 aromatic rings. The maximum absolute atomic E-state index is 10.5. The van der Waals surface area contributed by atoms with Crippen molar-refractivity contribution in [3.8, 4) is 11.5 Å². The molecule has 106 valence electrons. The van der Waals surface area contributed by atoms with Gasteiger partial charge in [-0.15, -0.1) is 0 Å². The summed E-state index contributed by atoms with van der Waals surface area (Å²) in [5, 5.41) is 11.7. The number of nitrogens with one attached hydrogen (secondary N) is 1. The van der Waals surface area contributed by atoms with Gasteiger partial charge in [0.05, 0.1) is 26.3 Å². The molecule has 0 amide bonds. The highest BCUT2D eigenvalue weighted by Crippen LogP contribution is 2.32. The van der Waals surface area contributed by atoms with Gasteiger partial charge in [0.15, 0.2) is 0 Å². The molecule has 0 aliphatic heterocycles. The van der Waals surface area contributed by atoms with Gasteiger partial charge in [-0.25, -0.2) is 0 Å². The molecule has 0 aliphatic rings. The number of benzene rings is 1. The topological polar surface area (TPSA) is 93.8 Å². The van der Waals surface area contributed by atoms with Gasteiger partial charge in [0.25, 0.3) is 0 Å². The molecule has 4 N–H and O–H groups in total. The van der Waals surface area contributed by atoms with E-state index in [2.05, 4.69) is 5.32 Å². The largest absolute Gasteiger partial charge is 0.496 e. The lowest BCUT2D eigenvalue weighted by molar-refractivity contribution is -0.137. The van der Waals surface area contributed by atoms with Crippen molar-refractivity contribution in [1.82, 2.24) is 0 Å². The molecule has 1 atom stereocenters. The van der Waals surface area contributed by atoms with Crippen molar-refractivity contribution >= 4 is 11.7 Å². The van der Waals surface area contributed by atoms with E-state index in [9.17, 15) is 4.79 Å². The number of rotatable bonds is 7. The van der Waals surface area contributed by atoms with Crippen LogP contribution in [0, 0.1) is 6.92 Å². The van der Waals surface area contributed by atoms with Gasteiger partial charge < -0.3 is 25.6 Å². The van der Waals surface area contributed by atoms with Crippen LogP contribution in [0.25, 0.3) is 0 Å². The van der Waals surface area contributed by atoms with Crippen LogP contribution in [0.3, 0.4) is 0 Å². The number of carbonyl (C=O) groups is 1. The Kier molecular flexibility index (Phi) is 5.44. The molecule has 0 saturated heterocycles. The Morgan fingerprint density at radius 3 is 2.53 bits per heavy atom. The molecule has 0 aromatic heterocycles. The summed E-state index contributed by atoms with van der Waals surface area (Å²) in [4.78, 5) is 10.5. The predicted octanol–water partition coefficient (Wildman–Crippen LogP) is 1.23. The maximum Gasteiger partial charge on any atom is 0.304 e. The highest BCUT2D eigenvalue weighted by molar-refractivity contribution is 5.68. The number of nitrogens with two attached hydrogens (primary N) is 1. The molecule has 0 bridgehead atoms. The van der Waals surface area contributed by atoms with Crippen LogP contribution in [0.15, 0.2) is 12.1 Å². The molecule has 0 aliphatic carbocycles. The summed E-state index contributed by atoms with van der Waals surface area (Å²) in [6.45, 7) is 2.26. The van der Waals surface area contributed by atoms with Gasteiger partial charge in [0.2, 0.25) is 0 Å². The predicted molar refractivity (Wildman–Crippen MR) is 73.0 cm³/mol. The van der Waals surface area contributed by atoms with Crippen molar-refractivity contribution in [3.05, 3.63) is 17.7 Å². The summed E-state index contributed by atoms with van der Waals surface area (Å²) in [6.07, 6.45) is -0.0850. The van der Waals surface area contributed by atoms with E-state index in [0.29, 0.717) is 12.3 Å². The highest BCUT2D eigenvalue weighted by Gasteiger charge is 2.11. The average molecular weight is 268 g/mol. The van der Waals surface area contributed by atoms with Crippen LogP contribution < -0.4 is 20.5 Å². The van der Waals surface area contributed by atoms with Gasteiger partial charge in [0, 0.05) is 18.7 Å². The Balaban J connectivity index is 2.79. The SMILES string of the molecule is COc1cc(NCC(N)CC(=O)O)c(OC)cc1C. The van der Waals surface area contributed by atoms with Crippen LogP contribution >= 0.6 is 0 Å². The van der Waals surface area contributed by atoms with Gasteiger partial charge in [-0.1, -0.05) is 0 Å². The van der Waals surface area contributed by atoms with Gasteiger partial charge >= 0.3 is 5.97 Å². The molecule has 0 radical (unpaired) electrons. The summed E-state index contributed by atoms with van der Waals surface area (Å²) < 4.78 is 10.5. The number of anilines is 1. The number of hydrogen-bond acceptors (Lipinski definition) is 5. The maximum atomic E-state index is 10.5. The minimum absolute atomic E-state index is 0.0850. The van der Waals surface area contributed by atoms with E-state index in [0.717, 1.165) is 17.0 Å². The lowest BCUT2D eigenvalue weighted by Crippen LogP contribution is -2.31. The second kappa shape index (κ2) is 6.84. The Morgan fingerprint density at radius 1 is 1.37 bits per heavy atom. The molecule has 1 aromatic carbocycles. The fourth-order valence-corrected chi connectivity index (χ4v) is 1.73. The average Bonchev–Trinajstić information content (AvgIpc) is 2.35. The third-order valence-electron chi connectivity index (χ3n) is 2.71. The normalized spacial score (nSPS) is 11.8. The zero-order valence-corrected chi connectivity index (χ0v) is 11.4. The number of carboxylic acid groups (broad SMARTS) is 1. The minimum atomic E-state index is -0.914. The van der Waals surface area contributed by atoms with Crippen molar-refractivity contribution in [1.29, 1.82) is 0 Å². The van der Waals surface area contributed by atoms with E-state index < -0.39 is 12.0 Å². The third kappa shape index (κ3) is 4.33. The van der Waals surface area contributed by atoms with E-state index in [1.54, 1.807) is 14.2 Å². The first kappa shape index (κ1) is 15.1. The molecule has 1 rings (SSSR count). The van der Waals surface area contributed by atoms with E-state index in [4.69, 9.17) is 20.3 Å². The minimum Gasteiger partial charge on any atom is -0.496 e. The Labute approximate surface area is 112 Å². The molecule has 0 heterocycles. The second-order valence-electron chi connectivity index (χ2n) is 4.26. The zero-order chi connectivity index (χ0) is 14.4. The number of carboxylic acids is 1. The molecule has 1 unspecified atom stereocenters. The highest BCUT2D eigenvalue weighted by atomic mass is 16.5. The molecule has 0 fully saturated rings. The Hall–Kier alpha value is -1.95. The number of hydrogen-bond donors (Lipinski definition) is 3. The lowest BCUT2D eigenvalue weighted by Gasteiger charge is -2.16. The molecule has 0 spiro atoms.